The summed E-state index contributed by atoms with van der Waals surface area (Å²) in [6.45, 7) is 4.18. The molecule has 1 aliphatic rings. The predicted octanol–water partition coefficient (Wildman–Crippen LogP) is 2.27. The first-order valence-electron chi connectivity index (χ1n) is 7.08. The average Bonchev–Trinajstić information content (AvgIpc) is 3.13. The SMILES string of the molecule is Cc1nc2n(c(=O)c1C)C(CC(=O)NCc1cccs1)CS2. The summed E-state index contributed by atoms with van der Waals surface area (Å²) in [6.07, 6.45) is 0.315. The molecule has 0 bridgehead atoms. The van der Waals surface area contributed by atoms with E-state index in [9.17, 15) is 9.59 Å². The van der Waals surface area contributed by atoms with Gasteiger partial charge in [0.05, 0.1) is 12.6 Å². The van der Waals surface area contributed by atoms with E-state index in [1.165, 1.54) is 0 Å². The van der Waals surface area contributed by atoms with Crippen LogP contribution in [-0.4, -0.2) is 21.2 Å². The minimum Gasteiger partial charge on any atom is -0.351 e. The van der Waals surface area contributed by atoms with Crippen LogP contribution in [0.3, 0.4) is 0 Å². The highest BCUT2D eigenvalue weighted by Gasteiger charge is 2.28. The van der Waals surface area contributed by atoms with Gasteiger partial charge in [-0.3, -0.25) is 14.2 Å². The zero-order valence-electron chi connectivity index (χ0n) is 12.5. The number of hydrogen-bond donors (Lipinski definition) is 1. The van der Waals surface area contributed by atoms with Crippen LogP contribution in [-0.2, 0) is 11.3 Å². The third kappa shape index (κ3) is 2.96. The van der Waals surface area contributed by atoms with E-state index >= 15 is 0 Å². The Balaban J connectivity index is 1.70. The quantitative estimate of drug-likeness (QED) is 0.871. The van der Waals surface area contributed by atoms with Crippen molar-refractivity contribution in [2.24, 2.45) is 0 Å². The maximum atomic E-state index is 12.4. The van der Waals surface area contributed by atoms with E-state index in [1.807, 2.05) is 24.4 Å². The molecule has 0 fully saturated rings. The lowest BCUT2D eigenvalue weighted by Crippen LogP contribution is -2.31. The molecule has 1 unspecified atom stereocenters. The molecular weight excluding hydrogens is 318 g/mol. The largest absolute Gasteiger partial charge is 0.351 e. The number of thiophene rings is 1. The third-order valence-electron chi connectivity index (χ3n) is 3.78. The minimum atomic E-state index is -0.109. The first-order chi connectivity index (χ1) is 10.6. The van der Waals surface area contributed by atoms with Crippen LogP contribution in [0.15, 0.2) is 27.5 Å². The number of rotatable bonds is 4. The van der Waals surface area contributed by atoms with Crippen LogP contribution in [0.2, 0.25) is 0 Å². The van der Waals surface area contributed by atoms with Crippen molar-refractivity contribution in [2.75, 3.05) is 5.75 Å². The Morgan fingerprint density at radius 3 is 3.05 bits per heavy atom. The van der Waals surface area contributed by atoms with Crippen LogP contribution < -0.4 is 10.9 Å². The molecule has 0 saturated carbocycles. The molecule has 0 radical (unpaired) electrons. The molecule has 0 aliphatic carbocycles. The number of nitrogens with one attached hydrogen (secondary N) is 1. The molecule has 1 N–H and O–H groups in total. The molecule has 1 amide bonds. The summed E-state index contributed by atoms with van der Waals surface area (Å²) in [5, 5.41) is 5.63. The van der Waals surface area contributed by atoms with Crippen molar-refractivity contribution in [2.45, 2.75) is 38.0 Å². The summed E-state index contributed by atoms with van der Waals surface area (Å²) in [6, 6.07) is 3.85. The van der Waals surface area contributed by atoms with Crippen molar-refractivity contribution in [1.82, 2.24) is 14.9 Å². The van der Waals surface area contributed by atoms with Gasteiger partial charge in [0.25, 0.3) is 5.56 Å². The van der Waals surface area contributed by atoms with E-state index in [0.717, 1.165) is 21.5 Å². The van der Waals surface area contributed by atoms with Gasteiger partial charge in [0.15, 0.2) is 5.16 Å². The van der Waals surface area contributed by atoms with E-state index in [4.69, 9.17) is 0 Å². The number of hydrogen-bond acceptors (Lipinski definition) is 5. The second-order valence-corrected chi connectivity index (χ2v) is 7.32. The molecule has 1 atom stereocenters. The monoisotopic (exact) mass is 335 g/mol. The highest BCUT2D eigenvalue weighted by Crippen LogP contribution is 2.32. The Kier molecular flexibility index (Phi) is 4.35. The molecule has 0 aromatic carbocycles. The van der Waals surface area contributed by atoms with Gasteiger partial charge in [0.2, 0.25) is 5.91 Å². The molecule has 3 heterocycles. The fourth-order valence-corrected chi connectivity index (χ4v) is 4.23. The van der Waals surface area contributed by atoms with Gasteiger partial charge in [-0.1, -0.05) is 17.8 Å². The van der Waals surface area contributed by atoms with Crippen molar-refractivity contribution in [3.05, 3.63) is 44.0 Å². The summed E-state index contributed by atoms with van der Waals surface area (Å²) in [5.74, 6) is 0.689. The molecule has 5 nitrogen and oxygen atoms in total. The van der Waals surface area contributed by atoms with Crippen molar-refractivity contribution < 1.29 is 4.79 Å². The zero-order chi connectivity index (χ0) is 15.7. The Labute approximate surface area is 136 Å². The molecule has 7 heteroatoms. The number of nitrogens with zero attached hydrogens (tertiary/aromatic N) is 2. The van der Waals surface area contributed by atoms with Crippen LogP contribution >= 0.6 is 23.1 Å². The first kappa shape index (κ1) is 15.3. The minimum absolute atomic E-state index is 0.0245. The maximum Gasteiger partial charge on any atom is 0.257 e. The molecule has 0 spiro atoms. The second-order valence-electron chi connectivity index (χ2n) is 5.30. The molecule has 116 valence electrons. The maximum absolute atomic E-state index is 12.4. The summed E-state index contributed by atoms with van der Waals surface area (Å²) in [7, 11) is 0. The van der Waals surface area contributed by atoms with E-state index < -0.39 is 0 Å². The van der Waals surface area contributed by atoms with Crippen molar-refractivity contribution >= 4 is 29.0 Å². The topological polar surface area (TPSA) is 64.0 Å². The summed E-state index contributed by atoms with van der Waals surface area (Å²) in [5.41, 5.74) is 1.41. The van der Waals surface area contributed by atoms with Crippen LogP contribution in [0.4, 0.5) is 0 Å². The standard InChI is InChI=1S/C15H17N3O2S2/c1-9-10(2)17-15-18(14(9)20)11(8-22-15)6-13(19)16-7-12-4-3-5-21-12/h3-5,11H,6-8H2,1-2H3,(H,16,19). The Hall–Kier alpha value is -1.60. The first-order valence-corrected chi connectivity index (χ1v) is 8.94. The van der Waals surface area contributed by atoms with Crippen LogP contribution in [0.1, 0.15) is 28.6 Å². The molecule has 0 saturated heterocycles. The Bertz CT molecular complexity index is 753. The van der Waals surface area contributed by atoms with Crippen molar-refractivity contribution in [1.29, 1.82) is 0 Å². The number of aromatic nitrogens is 2. The van der Waals surface area contributed by atoms with Crippen LogP contribution in [0, 0.1) is 13.8 Å². The molecule has 2 aromatic rings. The second kappa shape index (κ2) is 6.26. The number of thioether (sulfide) groups is 1. The van der Waals surface area contributed by atoms with E-state index in [-0.39, 0.29) is 17.5 Å². The summed E-state index contributed by atoms with van der Waals surface area (Å²) < 4.78 is 1.68. The summed E-state index contributed by atoms with van der Waals surface area (Å²) >= 11 is 3.16. The van der Waals surface area contributed by atoms with Gasteiger partial charge >= 0.3 is 0 Å². The Morgan fingerprint density at radius 2 is 2.32 bits per heavy atom. The van der Waals surface area contributed by atoms with Gasteiger partial charge in [0.1, 0.15) is 0 Å². The number of carbonyl (C=O) groups excluding carboxylic acids is 1. The van der Waals surface area contributed by atoms with Crippen LogP contribution in [0.25, 0.3) is 0 Å². The third-order valence-corrected chi connectivity index (χ3v) is 5.76. The molecular formula is C15H17N3O2S2. The summed E-state index contributed by atoms with van der Waals surface area (Å²) in [4.78, 5) is 30.1. The van der Waals surface area contributed by atoms with E-state index in [1.54, 1.807) is 34.6 Å². The van der Waals surface area contributed by atoms with Crippen molar-refractivity contribution in [3.63, 3.8) is 0 Å². The molecule has 1 aliphatic heterocycles. The van der Waals surface area contributed by atoms with E-state index in [2.05, 4.69) is 10.3 Å². The highest BCUT2D eigenvalue weighted by molar-refractivity contribution is 7.99. The van der Waals surface area contributed by atoms with Crippen LogP contribution in [0.5, 0.6) is 0 Å². The molecule has 2 aromatic heterocycles. The fourth-order valence-electron chi connectivity index (χ4n) is 2.41. The van der Waals surface area contributed by atoms with E-state index in [0.29, 0.717) is 18.5 Å². The van der Waals surface area contributed by atoms with Gasteiger partial charge in [-0.2, -0.15) is 0 Å². The number of aryl methyl sites for hydroxylation is 1. The lowest BCUT2D eigenvalue weighted by atomic mass is 10.2. The lowest BCUT2D eigenvalue weighted by Gasteiger charge is -2.14. The Morgan fingerprint density at radius 1 is 1.50 bits per heavy atom. The predicted molar refractivity (Wildman–Crippen MR) is 88.5 cm³/mol. The van der Waals surface area contributed by atoms with Gasteiger partial charge in [0, 0.05) is 28.3 Å². The van der Waals surface area contributed by atoms with Gasteiger partial charge in [-0.25, -0.2) is 4.98 Å². The number of fused-ring (bicyclic) bond motifs is 1. The molecule has 22 heavy (non-hydrogen) atoms. The van der Waals surface area contributed by atoms with Gasteiger partial charge in [-0.05, 0) is 25.3 Å². The normalized spacial score (nSPS) is 16.5. The van der Waals surface area contributed by atoms with Gasteiger partial charge < -0.3 is 5.32 Å². The zero-order valence-corrected chi connectivity index (χ0v) is 14.1. The number of carbonyl (C=O) groups is 1. The fraction of sp³-hybridized carbons (Fsp3) is 0.400. The lowest BCUT2D eigenvalue weighted by molar-refractivity contribution is -0.121. The van der Waals surface area contributed by atoms with Gasteiger partial charge in [-0.15, -0.1) is 11.3 Å². The number of amides is 1. The highest BCUT2D eigenvalue weighted by atomic mass is 32.2. The molecule has 3 rings (SSSR count). The average molecular weight is 335 g/mol. The van der Waals surface area contributed by atoms with Crippen molar-refractivity contribution in [3.8, 4) is 0 Å². The smallest absolute Gasteiger partial charge is 0.257 e.